The highest BCUT2D eigenvalue weighted by Gasteiger charge is 2.46. The van der Waals surface area contributed by atoms with Crippen molar-refractivity contribution in [3.63, 3.8) is 0 Å². The van der Waals surface area contributed by atoms with Gasteiger partial charge >= 0.3 is 0 Å². The van der Waals surface area contributed by atoms with Crippen LogP contribution < -0.4 is 15.4 Å². The molecule has 412 valence electrons. The Balaban J connectivity index is 1.29. The fourth-order valence-corrected chi connectivity index (χ4v) is 13.1. The number of amides is 1. The van der Waals surface area contributed by atoms with Crippen molar-refractivity contribution in [2.75, 3.05) is 23.7 Å². The number of nitrogens with two attached hydrogens (primary N) is 1. The molecule has 0 unspecified atom stereocenters. The molecule has 78 heavy (non-hydrogen) atoms. The number of primary sulfonamides is 1. The lowest BCUT2D eigenvalue weighted by Gasteiger charge is -2.27. The number of aromatic nitrogens is 1. The molecule has 7 N–H and O–H groups in total. The normalized spacial score (nSPS) is 16.4. The summed E-state index contributed by atoms with van der Waals surface area (Å²) in [5.74, 6) is -1.15. The minimum atomic E-state index is -5.08. The van der Waals surface area contributed by atoms with E-state index < -0.39 is 82.8 Å². The van der Waals surface area contributed by atoms with Gasteiger partial charge in [-0.3, -0.25) is 28.0 Å². The first kappa shape index (κ1) is 57.6. The summed E-state index contributed by atoms with van der Waals surface area (Å²) >= 11 is 0. The molecule has 3 heterocycles. The number of benzene rings is 5. The van der Waals surface area contributed by atoms with Crippen LogP contribution in [0.3, 0.4) is 0 Å². The molecular formula is C53H56N5O15S5+. The van der Waals surface area contributed by atoms with Crippen LogP contribution in [0.1, 0.15) is 86.6 Å². The molecule has 0 aliphatic carbocycles. The zero-order chi connectivity index (χ0) is 57.1. The highest BCUT2D eigenvalue weighted by atomic mass is 32.2. The fourth-order valence-electron chi connectivity index (χ4n) is 10.3. The first-order chi connectivity index (χ1) is 36.2. The lowest BCUT2D eigenvalue weighted by molar-refractivity contribution is -0.438. The van der Waals surface area contributed by atoms with E-state index in [-0.39, 0.29) is 45.6 Å². The van der Waals surface area contributed by atoms with E-state index in [0.29, 0.717) is 51.8 Å². The predicted octanol–water partition coefficient (Wildman–Crippen LogP) is 7.48. The molecule has 25 heteroatoms. The van der Waals surface area contributed by atoms with Crippen LogP contribution in [0.25, 0.3) is 27.1 Å². The van der Waals surface area contributed by atoms with Gasteiger partial charge in [-0.1, -0.05) is 57.5 Å². The average Bonchev–Trinajstić information content (AvgIpc) is 3.73. The monoisotopic (exact) mass is 1160 g/mol. The summed E-state index contributed by atoms with van der Waals surface area (Å²) in [6, 6.07) is 21.7. The summed E-state index contributed by atoms with van der Waals surface area (Å²) < 4.78 is 166. The summed E-state index contributed by atoms with van der Waals surface area (Å²) in [7, 11) is -23.1. The molecule has 1 amide bonds. The number of fused-ring (bicyclic) bond motifs is 6. The van der Waals surface area contributed by atoms with Gasteiger partial charge in [-0.15, -0.1) is 0 Å². The Morgan fingerprint density at radius 2 is 1.37 bits per heavy atom. The van der Waals surface area contributed by atoms with Crippen LogP contribution in [0, 0.1) is 0 Å². The zero-order valence-corrected chi connectivity index (χ0v) is 46.8. The molecule has 1 aromatic heterocycles. The molecule has 0 atom stereocenters. The summed E-state index contributed by atoms with van der Waals surface area (Å²) in [4.78, 5) is 18.0. The minimum Gasteiger partial charge on any atom is -0.348 e. The highest BCUT2D eigenvalue weighted by Crippen LogP contribution is 2.52. The van der Waals surface area contributed by atoms with E-state index >= 15 is 0 Å². The summed E-state index contributed by atoms with van der Waals surface area (Å²) in [5, 5.41) is 9.33. The van der Waals surface area contributed by atoms with Gasteiger partial charge in [0.1, 0.15) is 11.4 Å². The second-order valence-electron chi connectivity index (χ2n) is 20.0. The maximum atomic E-state index is 13.5. The average molecular weight is 1160 g/mol. The number of allylic oxidation sites excluding steroid dienone is 6. The van der Waals surface area contributed by atoms with E-state index in [9.17, 15) is 65.1 Å². The third kappa shape index (κ3) is 11.8. The van der Waals surface area contributed by atoms with Crippen molar-refractivity contribution in [2.24, 2.45) is 5.14 Å². The first-order valence-electron chi connectivity index (χ1n) is 24.2. The van der Waals surface area contributed by atoms with Crippen LogP contribution >= 0.6 is 0 Å². The van der Waals surface area contributed by atoms with Gasteiger partial charge in [-0.25, -0.2) is 13.6 Å². The Kier molecular flexibility index (Phi) is 15.5. The fraction of sp³-hybridized carbons (Fsp3) is 0.264. The number of nitrogens with zero attached hydrogens (tertiary/aromatic N) is 3. The lowest BCUT2D eigenvalue weighted by atomic mass is 9.79. The Morgan fingerprint density at radius 3 is 1.97 bits per heavy atom. The summed E-state index contributed by atoms with van der Waals surface area (Å²) in [6.07, 6.45) is 10.0. The number of anilines is 1. The molecule has 0 fully saturated rings. The number of carbonyl (C=O) groups excluding carboxylic acids is 1. The molecule has 0 saturated heterocycles. The molecule has 0 saturated carbocycles. The first-order valence-corrected chi connectivity index (χ1v) is 31.6. The van der Waals surface area contributed by atoms with Gasteiger partial charge in [0.2, 0.25) is 15.7 Å². The largest absolute Gasteiger partial charge is 0.348 e. The van der Waals surface area contributed by atoms with Crippen molar-refractivity contribution in [1.82, 2.24) is 10.3 Å². The SMILES string of the molecule is CCCC[N+]1=C(/C=C/C(=C/C=C2/N(CCCS(=O)(=O)O)c3ccc4c(S(=O)(=O)O)cc(S(=O)(=O)O)cc4c3C2(C)C)c2ccc(C(=O)NCc3ccc(S(N)(=O)=O)cc3)cn2)C(C)(C)c2c1ccc1ccc(S(=O)(=O)O)cc21. The van der Waals surface area contributed by atoms with E-state index in [1.807, 2.05) is 45.1 Å². The van der Waals surface area contributed by atoms with Gasteiger partial charge in [0.15, 0.2) is 5.71 Å². The maximum Gasteiger partial charge on any atom is 0.295 e. The third-order valence-electron chi connectivity index (χ3n) is 14.0. The van der Waals surface area contributed by atoms with Crippen molar-refractivity contribution < 1.29 is 69.7 Å². The Hall–Kier alpha value is -6.52. The van der Waals surface area contributed by atoms with Crippen molar-refractivity contribution in [3.05, 3.63) is 155 Å². The second kappa shape index (κ2) is 20.9. The van der Waals surface area contributed by atoms with Crippen LogP contribution in [0.15, 0.2) is 147 Å². The third-order valence-corrected chi connectivity index (χ3v) is 18.3. The topological polar surface area (TPSA) is 326 Å². The van der Waals surface area contributed by atoms with Gasteiger partial charge < -0.3 is 10.2 Å². The van der Waals surface area contributed by atoms with E-state index in [2.05, 4.69) is 9.89 Å². The smallest absolute Gasteiger partial charge is 0.295 e. The molecule has 0 bridgehead atoms. The molecule has 8 rings (SSSR count). The van der Waals surface area contributed by atoms with Gasteiger partial charge in [-0.05, 0) is 120 Å². The number of carbonyl (C=O) groups is 1. The molecule has 0 spiro atoms. The van der Waals surface area contributed by atoms with Gasteiger partial charge in [0, 0.05) is 71.2 Å². The van der Waals surface area contributed by atoms with Crippen LogP contribution in [0.5, 0.6) is 0 Å². The maximum absolute atomic E-state index is 13.5. The van der Waals surface area contributed by atoms with Crippen LogP contribution in [0.4, 0.5) is 11.4 Å². The molecule has 5 aromatic carbocycles. The minimum absolute atomic E-state index is 0.0337. The number of hydrogen-bond donors (Lipinski definition) is 6. The number of unbranched alkanes of at least 4 members (excludes halogenated alkanes) is 1. The Labute approximate surface area is 452 Å². The van der Waals surface area contributed by atoms with Gasteiger partial charge in [0.25, 0.3) is 46.4 Å². The van der Waals surface area contributed by atoms with Crippen LogP contribution in [-0.4, -0.2) is 100 Å². The predicted molar refractivity (Wildman–Crippen MR) is 295 cm³/mol. The van der Waals surface area contributed by atoms with E-state index in [1.54, 1.807) is 49.1 Å². The molecule has 2 aliphatic heterocycles. The molecule has 6 aromatic rings. The Bertz CT molecular complexity index is 4190. The second-order valence-corrected chi connectivity index (χ2v) is 27.4. The summed E-state index contributed by atoms with van der Waals surface area (Å²) in [6.45, 7) is 10.1. The molecule has 20 nitrogen and oxygen atoms in total. The molecular weight excluding hydrogens is 1110 g/mol. The highest BCUT2D eigenvalue weighted by molar-refractivity contribution is 7.89. The van der Waals surface area contributed by atoms with Gasteiger partial charge in [-0.2, -0.15) is 38.2 Å². The van der Waals surface area contributed by atoms with Crippen molar-refractivity contribution in [1.29, 1.82) is 0 Å². The number of rotatable bonds is 18. The van der Waals surface area contributed by atoms with Crippen molar-refractivity contribution >= 4 is 101 Å². The Morgan fingerprint density at radius 1 is 0.718 bits per heavy atom. The van der Waals surface area contributed by atoms with Crippen molar-refractivity contribution in [3.8, 4) is 0 Å². The lowest BCUT2D eigenvalue weighted by Crippen LogP contribution is -2.28. The zero-order valence-electron chi connectivity index (χ0n) is 42.7. The van der Waals surface area contributed by atoms with E-state index in [0.717, 1.165) is 41.3 Å². The number of pyridine rings is 1. The van der Waals surface area contributed by atoms with E-state index in [4.69, 9.17) is 10.1 Å². The summed E-state index contributed by atoms with van der Waals surface area (Å²) in [5.41, 5.74) is 3.23. The quantitative estimate of drug-likeness (QED) is 0.0276. The standard InChI is InChI=1S/C53H55N5O15S5/c1-6-7-25-57-44-21-13-34-11-18-38(76(65,66)67)28-41(34)49(44)52(2,3)47(57)23-14-35(43-20-12-36(32-55-43)51(59)56-31-33-9-16-37(17-10-33)75(54,63)64)15-24-48-53(4,5)50-42-29-39(77(68,69)70)30-46(78(71,72)73)40(42)19-22-45(50)58(48)26-8-27-74(60,61)62/h9-24,28-30,32H,6-8,25-27,31H2,1-5H3,(H6-,54,56,59,60,61,62,63,64,65,66,67,68,69,70,71,72,73)/p+1. The van der Waals surface area contributed by atoms with Crippen molar-refractivity contribution in [2.45, 2.75) is 90.8 Å². The van der Waals surface area contributed by atoms with Gasteiger partial charge in [0.05, 0.1) is 37.1 Å². The van der Waals surface area contributed by atoms with Crippen LogP contribution in [0.2, 0.25) is 0 Å². The molecule has 2 aliphatic rings. The number of nitrogens with one attached hydrogen (secondary N) is 1. The van der Waals surface area contributed by atoms with E-state index in [1.165, 1.54) is 54.7 Å². The number of sulfonamides is 1. The van der Waals surface area contributed by atoms with Crippen LogP contribution in [-0.2, 0) is 67.9 Å². The number of hydrogen-bond acceptors (Lipinski definition) is 13. The molecule has 0 radical (unpaired) electrons.